The van der Waals surface area contributed by atoms with Crippen LogP contribution < -0.4 is 24.7 Å². The molecule has 3 amide bonds. The summed E-state index contributed by atoms with van der Waals surface area (Å²) in [6, 6.07) is 16.4. The highest BCUT2D eigenvalue weighted by Crippen LogP contribution is 2.34. The van der Waals surface area contributed by atoms with E-state index in [9.17, 15) is 23.1 Å². The lowest BCUT2D eigenvalue weighted by Gasteiger charge is -2.46. The number of phenolic OH excluding ortho intramolecular Hbond substituents is 1. The summed E-state index contributed by atoms with van der Waals surface area (Å²) in [7, 11) is -1.58. The molecule has 234 valence electrons. The van der Waals surface area contributed by atoms with Crippen LogP contribution in [0.2, 0.25) is 0 Å². The standard InChI is InChI=1S/C31H36N4O8S/c1-35(18-22-7-14-28-29(17-22)42-20-41-28)15-3-4-24(19-35)34(27(30(32)37)16-21-5-10-25(36)11-6-21)31(38)33-23-8-12-26(13-9-23)43-44(2,39)40/h5-14,17,24,27H,3-4,15-16,18-20H2,1-2H3,(H3-,32,33,36,37,38)/p+1/t24-,27-,35?/m0/s1. The van der Waals surface area contributed by atoms with Crippen LogP contribution in [0.1, 0.15) is 24.0 Å². The third-order valence-electron chi connectivity index (χ3n) is 7.90. The SMILES string of the molecule is C[N+]1(Cc2ccc3c(c2)OCO3)CCC[C@H](N(C(=O)Nc2ccc(OS(C)(=O)=O)cc2)[C@@H](Cc2ccc(O)cc2)C(N)=O)C1. The van der Waals surface area contributed by atoms with E-state index in [1.807, 2.05) is 18.2 Å². The number of likely N-dealkylation sites (tertiary alicyclic amines) is 1. The van der Waals surface area contributed by atoms with Gasteiger partial charge < -0.3 is 39.2 Å². The van der Waals surface area contributed by atoms with Gasteiger partial charge in [-0.1, -0.05) is 12.1 Å². The zero-order valence-corrected chi connectivity index (χ0v) is 25.5. The number of aromatic hydroxyl groups is 1. The van der Waals surface area contributed by atoms with E-state index in [-0.39, 0.29) is 30.8 Å². The molecule has 2 aliphatic rings. The predicted octanol–water partition coefficient (Wildman–Crippen LogP) is 3.20. The smallest absolute Gasteiger partial charge is 0.323 e. The van der Waals surface area contributed by atoms with Gasteiger partial charge in [0.1, 0.15) is 24.1 Å². The summed E-state index contributed by atoms with van der Waals surface area (Å²) in [4.78, 5) is 28.6. The highest BCUT2D eigenvalue weighted by Gasteiger charge is 2.41. The average molecular weight is 626 g/mol. The molecule has 1 fully saturated rings. The van der Waals surface area contributed by atoms with Crippen LogP contribution in [0.3, 0.4) is 0 Å². The summed E-state index contributed by atoms with van der Waals surface area (Å²) in [5.41, 5.74) is 8.16. The number of fused-ring (bicyclic) bond motifs is 1. The van der Waals surface area contributed by atoms with Crippen LogP contribution in [0.15, 0.2) is 66.7 Å². The van der Waals surface area contributed by atoms with Crippen molar-refractivity contribution in [3.05, 3.63) is 77.9 Å². The molecule has 5 rings (SSSR count). The molecule has 0 radical (unpaired) electrons. The molecular formula is C31H37N4O8S+. The molecule has 12 nitrogen and oxygen atoms in total. The van der Waals surface area contributed by atoms with Gasteiger partial charge in [-0.05, 0) is 73.0 Å². The Hall–Kier alpha value is -4.49. The summed E-state index contributed by atoms with van der Waals surface area (Å²) < 4.78 is 39.5. The first-order chi connectivity index (χ1) is 20.9. The predicted molar refractivity (Wildman–Crippen MR) is 163 cm³/mol. The van der Waals surface area contributed by atoms with E-state index in [0.717, 1.165) is 30.3 Å². The number of quaternary nitrogens is 1. The zero-order chi connectivity index (χ0) is 31.5. The number of piperidine rings is 1. The quantitative estimate of drug-likeness (QED) is 0.229. The van der Waals surface area contributed by atoms with Crippen LogP contribution in [0.25, 0.3) is 0 Å². The van der Waals surface area contributed by atoms with Gasteiger partial charge in [0.15, 0.2) is 11.5 Å². The zero-order valence-electron chi connectivity index (χ0n) is 24.6. The number of nitrogens with zero attached hydrogens (tertiary/aromatic N) is 2. The monoisotopic (exact) mass is 625 g/mol. The number of rotatable bonds is 10. The molecule has 0 bridgehead atoms. The van der Waals surface area contributed by atoms with Crippen molar-refractivity contribution in [2.75, 3.05) is 38.5 Å². The first-order valence-electron chi connectivity index (χ1n) is 14.3. The first-order valence-corrected chi connectivity index (χ1v) is 16.1. The lowest BCUT2D eigenvalue weighted by molar-refractivity contribution is -0.928. The Morgan fingerprint density at radius 3 is 2.43 bits per heavy atom. The molecule has 4 N–H and O–H groups in total. The number of likely N-dealkylation sites (N-methyl/N-ethyl adjacent to an activating group) is 1. The maximum atomic E-state index is 14.0. The van der Waals surface area contributed by atoms with Crippen molar-refractivity contribution in [2.45, 2.75) is 37.9 Å². The number of ether oxygens (including phenoxy) is 2. The number of phenols is 1. The largest absolute Gasteiger partial charge is 0.508 e. The lowest BCUT2D eigenvalue weighted by atomic mass is 9.96. The minimum Gasteiger partial charge on any atom is -0.508 e. The van der Waals surface area contributed by atoms with Crippen molar-refractivity contribution in [3.63, 3.8) is 0 Å². The Morgan fingerprint density at radius 2 is 1.75 bits per heavy atom. The molecule has 3 aromatic rings. The maximum absolute atomic E-state index is 14.0. The van der Waals surface area contributed by atoms with Crippen LogP contribution in [-0.4, -0.2) is 80.1 Å². The molecular weight excluding hydrogens is 588 g/mol. The third-order valence-corrected chi connectivity index (χ3v) is 8.39. The summed E-state index contributed by atoms with van der Waals surface area (Å²) in [5, 5.41) is 12.6. The minimum atomic E-state index is -3.71. The number of amides is 3. The fourth-order valence-corrected chi connectivity index (χ4v) is 6.42. The van der Waals surface area contributed by atoms with E-state index < -0.39 is 28.1 Å². The number of hydrogen-bond donors (Lipinski definition) is 3. The molecule has 2 heterocycles. The molecule has 2 aliphatic heterocycles. The van der Waals surface area contributed by atoms with Gasteiger partial charge in [0.25, 0.3) is 0 Å². The van der Waals surface area contributed by atoms with Crippen LogP contribution in [0.4, 0.5) is 10.5 Å². The normalized spacial score (nSPS) is 20.0. The van der Waals surface area contributed by atoms with E-state index in [4.69, 9.17) is 19.4 Å². The Morgan fingerprint density at radius 1 is 1.07 bits per heavy atom. The van der Waals surface area contributed by atoms with Crippen LogP contribution >= 0.6 is 0 Å². The number of hydrogen-bond acceptors (Lipinski definition) is 8. The second-order valence-electron chi connectivity index (χ2n) is 11.6. The molecule has 13 heteroatoms. The summed E-state index contributed by atoms with van der Waals surface area (Å²) in [6.45, 7) is 2.33. The van der Waals surface area contributed by atoms with E-state index in [2.05, 4.69) is 12.4 Å². The van der Waals surface area contributed by atoms with Crippen LogP contribution in [-0.2, 0) is 27.9 Å². The molecule has 0 aromatic heterocycles. The average Bonchev–Trinajstić information content (AvgIpc) is 3.42. The highest BCUT2D eigenvalue weighted by molar-refractivity contribution is 7.86. The second-order valence-corrected chi connectivity index (χ2v) is 13.2. The molecule has 1 saturated heterocycles. The Kier molecular flexibility index (Phi) is 8.88. The maximum Gasteiger partial charge on any atom is 0.323 e. The van der Waals surface area contributed by atoms with Crippen LogP contribution in [0.5, 0.6) is 23.0 Å². The summed E-state index contributed by atoms with van der Waals surface area (Å²) in [6.07, 6.45) is 2.59. The molecule has 0 saturated carbocycles. The Balaban J connectivity index is 1.41. The fraction of sp³-hybridized carbons (Fsp3) is 0.355. The number of nitrogens with one attached hydrogen (secondary N) is 1. The van der Waals surface area contributed by atoms with Crippen molar-refractivity contribution < 1.29 is 41.3 Å². The van der Waals surface area contributed by atoms with Crippen molar-refractivity contribution >= 4 is 27.7 Å². The molecule has 1 unspecified atom stereocenters. The number of benzene rings is 3. The number of carbonyl (C=O) groups excluding carboxylic acids is 2. The lowest BCUT2D eigenvalue weighted by Crippen LogP contribution is -2.62. The van der Waals surface area contributed by atoms with E-state index in [1.165, 1.54) is 36.4 Å². The molecule has 3 aromatic carbocycles. The van der Waals surface area contributed by atoms with Crippen LogP contribution in [0, 0.1) is 0 Å². The van der Waals surface area contributed by atoms with Gasteiger partial charge >= 0.3 is 16.1 Å². The number of nitrogens with two attached hydrogens (primary N) is 1. The fourth-order valence-electron chi connectivity index (χ4n) is 5.96. The Bertz CT molecular complexity index is 1610. The summed E-state index contributed by atoms with van der Waals surface area (Å²) >= 11 is 0. The van der Waals surface area contributed by atoms with Crippen molar-refractivity contribution in [1.29, 1.82) is 0 Å². The van der Waals surface area contributed by atoms with Crippen molar-refractivity contribution in [1.82, 2.24) is 4.90 Å². The first kappa shape index (κ1) is 31.0. The third kappa shape index (κ3) is 7.71. The summed E-state index contributed by atoms with van der Waals surface area (Å²) in [5.74, 6) is 0.963. The number of carbonyl (C=O) groups is 2. The van der Waals surface area contributed by atoms with E-state index in [1.54, 1.807) is 17.0 Å². The molecule has 0 spiro atoms. The van der Waals surface area contributed by atoms with Gasteiger partial charge in [-0.15, -0.1) is 0 Å². The van der Waals surface area contributed by atoms with E-state index >= 15 is 0 Å². The minimum absolute atomic E-state index is 0.0890. The number of anilines is 1. The topological polar surface area (TPSA) is 157 Å². The van der Waals surface area contributed by atoms with Gasteiger partial charge in [-0.2, -0.15) is 8.42 Å². The van der Waals surface area contributed by atoms with Crippen molar-refractivity contribution in [3.8, 4) is 23.0 Å². The van der Waals surface area contributed by atoms with Gasteiger partial charge in [-0.3, -0.25) is 4.79 Å². The van der Waals surface area contributed by atoms with Gasteiger partial charge in [0.2, 0.25) is 12.7 Å². The second kappa shape index (κ2) is 12.6. The van der Waals surface area contributed by atoms with Gasteiger partial charge in [0.05, 0.1) is 32.4 Å². The number of primary amides is 1. The highest BCUT2D eigenvalue weighted by atomic mass is 32.2. The van der Waals surface area contributed by atoms with Gasteiger partial charge in [-0.25, -0.2) is 4.79 Å². The Labute approximate surface area is 256 Å². The van der Waals surface area contributed by atoms with Gasteiger partial charge in [0, 0.05) is 17.7 Å². The molecule has 3 atom stereocenters. The number of urea groups is 1. The van der Waals surface area contributed by atoms with E-state index in [0.29, 0.717) is 41.2 Å². The van der Waals surface area contributed by atoms with Crippen molar-refractivity contribution in [2.24, 2.45) is 5.73 Å². The molecule has 0 aliphatic carbocycles. The molecule has 44 heavy (non-hydrogen) atoms.